The molecule has 0 spiro atoms. The molecule has 7 nitrogen and oxygen atoms in total. The van der Waals surface area contributed by atoms with Crippen LogP contribution in [0, 0.1) is 13.8 Å². The molecule has 2 amide bonds. The number of benzene rings is 2. The zero-order valence-electron chi connectivity index (χ0n) is 16.3. The number of nitrogens with two attached hydrogens (primary N) is 1. The summed E-state index contributed by atoms with van der Waals surface area (Å²) in [7, 11) is 0. The minimum atomic E-state index is -1.09. The summed E-state index contributed by atoms with van der Waals surface area (Å²) in [6, 6.07) is 17.2. The molecule has 0 aliphatic carbocycles. The molecule has 0 saturated heterocycles. The Morgan fingerprint density at radius 1 is 1.03 bits per heavy atom. The molecule has 1 heterocycles. The number of hydrogen-bond acceptors (Lipinski definition) is 4. The number of Topliss-reactive ketones (excluding diaryl/α,β-unsaturated/α-hetero) is 1. The van der Waals surface area contributed by atoms with Crippen molar-refractivity contribution in [2.75, 3.05) is 0 Å². The summed E-state index contributed by atoms with van der Waals surface area (Å²) in [6.07, 6.45) is 0.159. The maximum Gasteiger partial charge on any atom is 0.287 e. The third-order valence-corrected chi connectivity index (χ3v) is 4.49. The molecule has 0 bridgehead atoms. The molecular weight excluding hydrogens is 368 g/mol. The standard InChI is InChI=1S/C22H22N4O3/c1-14-8-10-17(11-9-14)26-19(12-15(2)25-26)22(29)24-18(20(27)21(23)28)13-16-6-4-3-5-7-16/h3-12,18H,13H2,1-2H3,(H2,23,28)(H,24,29). The van der Waals surface area contributed by atoms with E-state index in [1.807, 2.05) is 61.5 Å². The number of primary amides is 1. The molecule has 1 aromatic heterocycles. The van der Waals surface area contributed by atoms with Crippen molar-refractivity contribution in [3.8, 4) is 5.69 Å². The molecule has 0 aliphatic heterocycles. The van der Waals surface area contributed by atoms with E-state index in [9.17, 15) is 14.4 Å². The molecule has 148 valence electrons. The van der Waals surface area contributed by atoms with E-state index in [4.69, 9.17) is 5.73 Å². The van der Waals surface area contributed by atoms with Gasteiger partial charge in [-0.05, 0) is 37.6 Å². The van der Waals surface area contributed by atoms with Crippen LogP contribution in [0.1, 0.15) is 27.3 Å². The molecular formula is C22H22N4O3. The normalized spacial score (nSPS) is 11.7. The van der Waals surface area contributed by atoms with Crippen LogP contribution in [0.15, 0.2) is 60.7 Å². The average molecular weight is 390 g/mol. The van der Waals surface area contributed by atoms with Gasteiger partial charge >= 0.3 is 0 Å². The fourth-order valence-corrected chi connectivity index (χ4v) is 3.01. The van der Waals surface area contributed by atoms with E-state index in [2.05, 4.69) is 10.4 Å². The Bertz CT molecular complexity index is 1040. The van der Waals surface area contributed by atoms with Crippen molar-refractivity contribution in [1.29, 1.82) is 0 Å². The number of rotatable bonds is 7. The summed E-state index contributed by atoms with van der Waals surface area (Å²) in [5, 5.41) is 7.03. The van der Waals surface area contributed by atoms with Crippen molar-refractivity contribution in [1.82, 2.24) is 15.1 Å². The van der Waals surface area contributed by atoms with Crippen molar-refractivity contribution in [2.24, 2.45) is 5.73 Å². The highest BCUT2D eigenvalue weighted by Gasteiger charge is 2.27. The number of nitrogens with one attached hydrogen (secondary N) is 1. The molecule has 1 unspecified atom stereocenters. The van der Waals surface area contributed by atoms with Gasteiger partial charge in [-0.25, -0.2) is 4.68 Å². The summed E-state index contributed by atoms with van der Waals surface area (Å²) < 4.78 is 1.51. The second-order valence-corrected chi connectivity index (χ2v) is 6.86. The molecule has 0 fully saturated rings. The molecule has 0 aliphatic rings. The summed E-state index contributed by atoms with van der Waals surface area (Å²) in [5.74, 6) is -2.45. The van der Waals surface area contributed by atoms with Gasteiger partial charge in [0.2, 0.25) is 5.78 Å². The second kappa shape index (κ2) is 8.52. The quantitative estimate of drug-likeness (QED) is 0.601. The first-order valence-electron chi connectivity index (χ1n) is 9.17. The number of hydrogen-bond donors (Lipinski definition) is 2. The number of carbonyl (C=O) groups is 3. The Morgan fingerprint density at radius 3 is 2.31 bits per heavy atom. The topological polar surface area (TPSA) is 107 Å². The number of amides is 2. The SMILES string of the molecule is Cc1ccc(-n2nc(C)cc2C(=O)NC(Cc2ccccc2)C(=O)C(N)=O)cc1. The molecule has 7 heteroatoms. The summed E-state index contributed by atoms with van der Waals surface area (Å²) >= 11 is 0. The first kappa shape index (κ1) is 20.0. The van der Waals surface area contributed by atoms with Crippen LogP contribution in [0.2, 0.25) is 0 Å². The number of carbonyl (C=O) groups excluding carboxylic acids is 3. The van der Waals surface area contributed by atoms with Gasteiger partial charge in [-0.1, -0.05) is 48.0 Å². The third-order valence-electron chi connectivity index (χ3n) is 4.49. The number of nitrogens with zero attached hydrogens (tertiary/aromatic N) is 2. The zero-order valence-corrected chi connectivity index (χ0v) is 16.3. The largest absolute Gasteiger partial charge is 0.363 e. The molecule has 3 N–H and O–H groups in total. The highest BCUT2D eigenvalue weighted by atomic mass is 16.2. The van der Waals surface area contributed by atoms with Crippen molar-refractivity contribution in [3.63, 3.8) is 0 Å². The van der Waals surface area contributed by atoms with Crippen molar-refractivity contribution in [3.05, 3.63) is 83.2 Å². The molecule has 3 aromatic rings. The first-order chi connectivity index (χ1) is 13.8. The van der Waals surface area contributed by atoms with Crippen LogP contribution in [0.5, 0.6) is 0 Å². The lowest BCUT2D eigenvalue weighted by Gasteiger charge is -2.17. The van der Waals surface area contributed by atoms with Crippen LogP contribution >= 0.6 is 0 Å². The smallest absolute Gasteiger partial charge is 0.287 e. The van der Waals surface area contributed by atoms with Crippen LogP contribution in [0.4, 0.5) is 0 Å². The number of aryl methyl sites for hydroxylation is 2. The van der Waals surface area contributed by atoms with E-state index < -0.39 is 23.6 Å². The number of aromatic nitrogens is 2. The zero-order chi connectivity index (χ0) is 21.0. The van der Waals surface area contributed by atoms with Gasteiger partial charge in [0.05, 0.1) is 11.4 Å². The molecule has 2 aromatic carbocycles. The van der Waals surface area contributed by atoms with Gasteiger partial charge in [-0.2, -0.15) is 5.10 Å². The van der Waals surface area contributed by atoms with Gasteiger partial charge in [0.25, 0.3) is 11.8 Å². The monoisotopic (exact) mass is 390 g/mol. The molecule has 3 rings (SSSR count). The Kier molecular flexibility index (Phi) is 5.87. The third kappa shape index (κ3) is 4.76. The van der Waals surface area contributed by atoms with Gasteiger partial charge in [-0.15, -0.1) is 0 Å². The lowest BCUT2D eigenvalue weighted by atomic mass is 10.0. The van der Waals surface area contributed by atoms with Gasteiger partial charge in [0.1, 0.15) is 11.7 Å². The van der Waals surface area contributed by atoms with Crippen LogP contribution in [0.3, 0.4) is 0 Å². The van der Waals surface area contributed by atoms with Crippen LogP contribution in [-0.4, -0.2) is 33.4 Å². The molecule has 1 atom stereocenters. The lowest BCUT2D eigenvalue weighted by Crippen LogP contribution is -2.47. The van der Waals surface area contributed by atoms with Crippen molar-refractivity contribution in [2.45, 2.75) is 26.3 Å². The molecule has 0 radical (unpaired) electrons. The highest BCUT2D eigenvalue weighted by molar-refractivity contribution is 6.38. The maximum atomic E-state index is 13.0. The van der Waals surface area contributed by atoms with Crippen LogP contribution in [0.25, 0.3) is 5.69 Å². The Hall–Kier alpha value is -3.74. The van der Waals surface area contributed by atoms with Crippen molar-refractivity contribution < 1.29 is 14.4 Å². The summed E-state index contributed by atoms with van der Waals surface area (Å²) in [4.78, 5) is 36.7. The molecule has 29 heavy (non-hydrogen) atoms. The minimum absolute atomic E-state index is 0.159. The predicted molar refractivity (Wildman–Crippen MR) is 109 cm³/mol. The fourth-order valence-electron chi connectivity index (χ4n) is 3.01. The first-order valence-corrected chi connectivity index (χ1v) is 9.17. The van der Waals surface area contributed by atoms with E-state index in [0.717, 1.165) is 16.8 Å². The Balaban J connectivity index is 1.89. The minimum Gasteiger partial charge on any atom is -0.363 e. The average Bonchev–Trinajstić information content (AvgIpc) is 3.10. The molecule has 0 saturated carbocycles. The maximum absolute atomic E-state index is 13.0. The van der Waals surface area contributed by atoms with E-state index in [1.165, 1.54) is 4.68 Å². The van der Waals surface area contributed by atoms with E-state index >= 15 is 0 Å². The Labute approximate surface area is 168 Å². The van der Waals surface area contributed by atoms with E-state index in [0.29, 0.717) is 5.69 Å². The second-order valence-electron chi connectivity index (χ2n) is 6.86. The van der Waals surface area contributed by atoms with Gasteiger partial charge in [0, 0.05) is 6.42 Å². The van der Waals surface area contributed by atoms with Crippen LogP contribution in [-0.2, 0) is 16.0 Å². The summed E-state index contributed by atoms with van der Waals surface area (Å²) in [6.45, 7) is 3.74. The van der Waals surface area contributed by atoms with Gasteiger partial charge in [-0.3, -0.25) is 14.4 Å². The lowest BCUT2D eigenvalue weighted by molar-refractivity contribution is -0.137. The highest BCUT2D eigenvalue weighted by Crippen LogP contribution is 2.14. The Morgan fingerprint density at radius 2 is 1.69 bits per heavy atom. The predicted octanol–water partition coefficient (Wildman–Crippen LogP) is 1.88. The van der Waals surface area contributed by atoms with Gasteiger partial charge in [0.15, 0.2) is 0 Å². The fraction of sp³-hybridized carbons (Fsp3) is 0.182. The van der Waals surface area contributed by atoms with Gasteiger partial charge < -0.3 is 11.1 Å². The number of ketones is 1. The van der Waals surface area contributed by atoms with E-state index in [1.54, 1.807) is 13.0 Å². The summed E-state index contributed by atoms with van der Waals surface area (Å²) in [5.41, 5.74) is 8.70. The van der Waals surface area contributed by atoms with Crippen LogP contribution < -0.4 is 11.1 Å². The van der Waals surface area contributed by atoms with E-state index in [-0.39, 0.29) is 12.1 Å². The van der Waals surface area contributed by atoms with Crippen molar-refractivity contribution >= 4 is 17.6 Å².